The minimum absolute atomic E-state index is 0.00934. The molecule has 2 aromatic carbocycles. The second-order valence-corrected chi connectivity index (χ2v) is 5.98. The number of nitrogen functional groups attached to an aromatic ring is 1. The zero-order chi connectivity index (χ0) is 15.0. The first kappa shape index (κ1) is 14.4. The number of halogens is 3. The molecule has 3 nitrogen and oxygen atoms in total. The van der Waals surface area contributed by atoms with Crippen LogP contribution in [0.15, 0.2) is 58.3 Å². The fourth-order valence-corrected chi connectivity index (χ4v) is 3.12. The fraction of sp³-hybridized carbons (Fsp3) is 0.0769. The first-order valence-corrected chi connectivity index (χ1v) is 6.98. The van der Waals surface area contributed by atoms with Gasteiger partial charge < -0.3 is 5.73 Å². The molecule has 2 aromatic rings. The Morgan fingerprint density at radius 1 is 0.950 bits per heavy atom. The number of benzene rings is 2. The molecular weight excluding hydrogens is 291 g/mol. The van der Waals surface area contributed by atoms with Gasteiger partial charge in [-0.3, -0.25) is 0 Å². The van der Waals surface area contributed by atoms with Crippen LogP contribution in [0.5, 0.6) is 0 Å². The number of anilines is 1. The Morgan fingerprint density at radius 3 is 2.20 bits per heavy atom. The number of hydrogen-bond donors (Lipinski definition) is 1. The normalized spacial score (nSPS) is 12.3. The van der Waals surface area contributed by atoms with Gasteiger partial charge in [-0.25, -0.2) is 8.42 Å². The SMILES string of the molecule is Nc1ccccc1S(=O)(=O)c1cccc(C(F)(F)F)c1. The number of para-hydroxylation sites is 1. The summed E-state index contributed by atoms with van der Waals surface area (Å²) in [5, 5.41) is 0. The molecule has 0 saturated heterocycles. The van der Waals surface area contributed by atoms with Gasteiger partial charge in [0.1, 0.15) is 0 Å². The Balaban J connectivity index is 2.59. The average Bonchev–Trinajstić information content (AvgIpc) is 2.38. The number of alkyl halides is 3. The molecule has 2 rings (SSSR count). The first-order chi connectivity index (χ1) is 9.23. The lowest BCUT2D eigenvalue weighted by molar-refractivity contribution is -0.137. The number of nitrogens with two attached hydrogens (primary N) is 1. The Hall–Kier alpha value is -2.02. The van der Waals surface area contributed by atoms with E-state index in [0.29, 0.717) is 6.07 Å². The second-order valence-electron chi connectivity index (χ2n) is 4.07. The minimum atomic E-state index is -4.60. The monoisotopic (exact) mass is 301 g/mol. The Kier molecular flexibility index (Phi) is 3.47. The van der Waals surface area contributed by atoms with Gasteiger partial charge in [0.05, 0.1) is 21.0 Å². The lowest BCUT2D eigenvalue weighted by Crippen LogP contribution is -2.09. The summed E-state index contributed by atoms with van der Waals surface area (Å²) in [5.74, 6) is 0. The minimum Gasteiger partial charge on any atom is -0.398 e. The number of sulfone groups is 1. The van der Waals surface area contributed by atoms with Crippen LogP contribution < -0.4 is 5.73 Å². The molecule has 0 heterocycles. The summed E-state index contributed by atoms with van der Waals surface area (Å²) in [4.78, 5) is -0.649. The van der Waals surface area contributed by atoms with Crippen molar-refractivity contribution in [2.24, 2.45) is 0 Å². The molecular formula is C13H10F3NO2S. The average molecular weight is 301 g/mol. The van der Waals surface area contributed by atoms with E-state index in [1.807, 2.05) is 0 Å². The van der Waals surface area contributed by atoms with Crippen LogP contribution in [-0.2, 0) is 16.0 Å². The van der Waals surface area contributed by atoms with Gasteiger partial charge in [-0.2, -0.15) is 13.2 Å². The lowest BCUT2D eigenvalue weighted by atomic mass is 10.2. The van der Waals surface area contributed by atoms with Crippen LogP contribution in [-0.4, -0.2) is 8.42 Å². The molecule has 0 aromatic heterocycles. The highest BCUT2D eigenvalue weighted by Gasteiger charge is 2.32. The van der Waals surface area contributed by atoms with E-state index in [2.05, 4.69) is 0 Å². The fourth-order valence-electron chi connectivity index (χ4n) is 1.69. The van der Waals surface area contributed by atoms with Crippen LogP contribution in [0.1, 0.15) is 5.56 Å². The zero-order valence-corrected chi connectivity index (χ0v) is 10.9. The van der Waals surface area contributed by atoms with Gasteiger partial charge >= 0.3 is 6.18 Å². The maximum absolute atomic E-state index is 12.6. The largest absolute Gasteiger partial charge is 0.416 e. The summed E-state index contributed by atoms with van der Waals surface area (Å²) >= 11 is 0. The van der Waals surface area contributed by atoms with Gasteiger partial charge in [0, 0.05) is 0 Å². The van der Waals surface area contributed by atoms with E-state index in [4.69, 9.17) is 5.73 Å². The third-order valence-electron chi connectivity index (χ3n) is 2.68. The van der Waals surface area contributed by atoms with Crippen LogP contribution in [0.4, 0.5) is 18.9 Å². The van der Waals surface area contributed by atoms with Crippen molar-refractivity contribution in [3.05, 3.63) is 54.1 Å². The highest BCUT2D eigenvalue weighted by atomic mass is 32.2. The number of rotatable bonds is 2. The summed E-state index contributed by atoms with van der Waals surface area (Å²) < 4.78 is 62.4. The van der Waals surface area contributed by atoms with Crippen molar-refractivity contribution in [3.63, 3.8) is 0 Å². The third-order valence-corrected chi connectivity index (χ3v) is 4.51. The molecule has 0 spiro atoms. The maximum Gasteiger partial charge on any atom is 0.416 e. The third kappa shape index (κ3) is 2.62. The Morgan fingerprint density at radius 2 is 1.60 bits per heavy atom. The molecule has 0 aliphatic carbocycles. The summed E-state index contributed by atoms with van der Waals surface area (Å²) in [6.07, 6.45) is -4.60. The Labute approximate surface area is 113 Å². The maximum atomic E-state index is 12.6. The highest BCUT2D eigenvalue weighted by Crippen LogP contribution is 2.32. The van der Waals surface area contributed by atoms with Gasteiger partial charge in [-0.05, 0) is 30.3 Å². The predicted octanol–water partition coefficient (Wildman–Crippen LogP) is 3.12. The molecule has 2 N–H and O–H groups in total. The van der Waals surface area contributed by atoms with Crippen molar-refractivity contribution in [2.45, 2.75) is 16.0 Å². The Bertz CT molecular complexity index is 739. The molecule has 0 bridgehead atoms. The van der Waals surface area contributed by atoms with E-state index >= 15 is 0 Å². The van der Waals surface area contributed by atoms with Crippen molar-refractivity contribution in [3.8, 4) is 0 Å². The molecule has 0 aliphatic heterocycles. The second kappa shape index (κ2) is 4.82. The van der Waals surface area contributed by atoms with E-state index in [1.54, 1.807) is 6.07 Å². The van der Waals surface area contributed by atoms with Crippen molar-refractivity contribution in [2.75, 3.05) is 5.73 Å². The quantitative estimate of drug-likeness (QED) is 0.867. The van der Waals surface area contributed by atoms with E-state index in [1.165, 1.54) is 18.2 Å². The summed E-state index contributed by atoms with van der Waals surface area (Å²) in [7, 11) is -4.08. The molecule has 0 atom stereocenters. The van der Waals surface area contributed by atoms with E-state index in [0.717, 1.165) is 18.2 Å². The first-order valence-electron chi connectivity index (χ1n) is 5.50. The summed E-state index contributed by atoms with van der Waals surface area (Å²) in [5.41, 5.74) is 4.54. The highest BCUT2D eigenvalue weighted by molar-refractivity contribution is 7.91. The molecule has 0 unspecified atom stereocenters. The van der Waals surface area contributed by atoms with Crippen LogP contribution in [0, 0.1) is 0 Å². The van der Waals surface area contributed by atoms with Crippen LogP contribution in [0.3, 0.4) is 0 Å². The van der Waals surface area contributed by atoms with Crippen molar-refractivity contribution < 1.29 is 21.6 Å². The summed E-state index contributed by atoms with van der Waals surface area (Å²) in [6.45, 7) is 0. The predicted molar refractivity (Wildman–Crippen MR) is 67.8 cm³/mol. The van der Waals surface area contributed by atoms with Crippen molar-refractivity contribution in [1.29, 1.82) is 0 Å². The summed E-state index contributed by atoms with van der Waals surface area (Å²) in [6, 6.07) is 9.20. The van der Waals surface area contributed by atoms with Crippen LogP contribution in [0.2, 0.25) is 0 Å². The molecule has 106 valence electrons. The molecule has 20 heavy (non-hydrogen) atoms. The molecule has 0 amide bonds. The van der Waals surface area contributed by atoms with Gasteiger partial charge in [0.2, 0.25) is 9.84 Å². The zero-order valence-electron chi connectivity index (χ0n) is 10.1. The van der Waals surface area contributed by atoms with Gasteiger partial charge in [-0.1, -0.05) is 18.2 Å². The number of hydrogen-bond acceptors (Lipinski definition) is 3. The molecule has 0 fully saturated rings. The molecule has 0 aliphatic rings. The van der Waals surface area contributed by atoms with Crippen molar-refractivity contribution >= 4 is 15.5 Å². The van der Waals surface area contributed by atoms with Crippen LogP contribution in [0.25, 0.3) is 0 Å². The van der Waals surface area contributed by atoms with Gasteiger partial charge in [0.25, 0.3) is 0 Å². The van der Waals surface area contributed by atoms with E-state index in [-0.39, 0.29) is 10.6 Å². The van der Waals surface area contributed by atoms with Gasteiger partial charge in [0.15, 0.2) is 0 Å². The van der Waals surface area contributed by atoms with E-state index in [9.17, 15) is 21.6 Å². The van der Waals surface area contributed by atoms with Gasteiger partial charge in [-0.15, -0.1) is 0 Å². The topological polar surface area (TPSA) is 60.2 Å². The van der Waals surface area contributed by atoms with Crippen molar-refractivity contribution in [1.82, 2.24) is 0 Å². The van der Waals surface area contributed by atoms with E-state index < -0.39 is 26.5 Å². The smallest absolute Gasteiger partial charge is 0.398 e. The van der Waals surface area contributed by atoms with Crippen LogP contribution >= 0.6 is 0 Å². The molecule has 0 radical (unpaired) electrons. The molecule has 0 saturated carbocycles. The standard InChI is InChI=1S/C13H10F3NO2S/c14-13(15,16)9-4-3-5-10(8-9)20(18,19)12-7-2-1-6-11(12)17/h1-8H,17H2. The lowest BCUT2D eigenvalue weighted by Gasteiger charge is -2.10. The molecule has 7 heteroatoms.